The number of hydrogen-bond acceptors (Lipinski definition) is 3. The molecule has 1 atom stereocenters. The molecule has 5 heteroatoms. The van der Waals surface area contributed by atoms with E-state index in [0.29, 0.717) is 0 Å². The van der Waals surface area contributed by atoms with Crippen LogP contribution in [-0.4, -0.2) is 20.2 Å². The van der Waals surface area contributed by atoms with E-state index in [1.54, 1.807) is 6.92 Å². The highest BCUT2D eigenvalue weighted by Gasteiger charge is 2.25. The van der Waals surface area contributed by atoms with Gasteiger partial charge in [-0.1, -0.05) is 60.7 Å². The Kier molecular flexibility index (Phi) is 5.12. The van der Waals surface area contributed by atoms with Crippen LogP contribution in [-0.2, 0) is 10.0 Å². The lowest BCUT2D eigenvalue weighted by molar-refractivity contribution is 0.560. The van der Waals surface area contributed by atoms with Gasteiger partial charge in [-0.3, -0.25) is 0 Å². The monoisotopic (exact) mass is 304 g/mol. The maximum absolute atomic E-state index is 12.3. The van der Waals surface area contributed by atoms with Crippen molar-refractivity contribution in [2.45, 2.75) is 18.2 Å². The molecule has 0 aliphatic carbocycles. The van der Waals surface area contributed by atoms with Gasteiger partial charge in [-0.15, -0.1) is 0 Å². The quantitative estimate of drug-likeness (QED) is 0.858. The molecular formula is C16H20N2O2S. The van der Waals surface area contributed by atoms with E-state index < -0.39 is 21.3 Å². The van der Waals surface area contributed by atoms with Gasteiger partial charge in [0.2, 0.25) is 10.0 Å². The summed E-state index contributed by atoms with van der Waals surface area (Å²) in [5.41, 5.74) is 7.29. The number of rotatable bonds is 6. The van der Waals surface area contributed by atoms with Crippen molar-refractivity contribution in [1.29, 1.82) is 0 Å². The molecular weight excluding hydrogens is 284 g/mol. The van der Waals surface area contributed by atoms with Gasteiger partial charge in [0, 0.05) is 6.54 Å². The zero-order valence-corrected chi connectivity index (χ0v) is 12.8. The summed E-state index contributed by atoms with van der Waals surface area (Å²) in [4.78, 5) is 0. The molecule has 4 nitrogen and oxygen atoms in total. The highest BCUT2D eigenvalue weighted by Crippen LogP contribution is 2.23. The van der Waals surface area contributed by atoms with E-state index >= 15 is 0 Å². The van der Waals surface area contributed by atoms with E-state index in [2.05, 4.69) is 4.72 Å². The van der Waals surface area contributed by atoms with Gasteiger partial charge in [0.15, 0.2) is 0 Å². The van der Waals surface area contributed by atoms with Crippen LogP contribution < -0.4 is 10.5 Å². The van der Waals surface area contributed by atoms with E-state index in [1.807, 2.05) is 60.7 Å². The van der Waals surface area contributed by atoms with Crippen LogP contribution in [0.15, 0.2) is 60.7 Å². The summed E-state index contributed by atoms with van der Waals surface area (Å²) in [6.07, 6.45) is 0. The van der Waals surface area contributed by atoms with Crippen molar-refractivity contribution in [2.75, 3.05) is 6.54 Å². The van der Waals surface area contributed by atoms with Gasteiger partial charge in [0.05, 0.1) is 11.3 Å². The molecule has 0 aliphatic rings. The second kappa shape index (κ2) is 6.85. The van der Waals surface area contributed by atoms with E-state index in [-0.39, 0.29) is 6.54 Å². The van der Waals surface area contributed by atoms with Crippen molar-refractivity contribution in [3.8, 4) is 0 Å². The van der Waals surface area contributed by atoms with Crippen LogP contribution in [0.2, 0.25) is 0 Å². The number of nitrogens with two attached hydrogens (primary N) is 1. The summed E-state index contributed by atoms with van der Waals surface area (Å²) in [5, 5.41) is -0.632. The van der Waals surface area contributed by atoms with E-state index in [0.717, 1.165) is 11.1 Å². The first-order chi connectivity index (χ1) is 10.0. The van der Waals surface area contributed by atoms with Crippen molar-refractivity contribution in [1.82, 2.24) is 4.72 Å². The molecule has 0 fully saturated rings. The van der Waals surface area contributed by atoms with Crippen LogP contribution in [0, 0.1) is 0 Å². The minimum Gasteiger partial charge on any atom is -0.329 e. The summed E-state index contributed by atoms with van der Waals surface area (Å²) in [7, 11) is -3.48. The Bertz CT molecular complexity index is 618. The lowest BCUT2D eigenvalue weighted by atomic mass is 10.00. The summed E-state index contributed by atoms with van der Waals surface area (Å²) >= 11 is 0. The predicted octanol–water partition coefficient (Wildman–Crippen LogP) is 2.04. The normalized spacial score (nSPS) is 13.3. The van der Waals surface area contributed by atoms with Crippen molar-refractivity contribution >= 4 is 10.0 Å². The highest BCUT2D eigenvalue weighted by molar-refractivity contribution is 7.90. The molecule has 0 spiro atoms. The Morgan fingerprint density at radius 1 is 0.952 bits per heavy atom. The largest absolute Gasteiger partial charge is 0.329 e. The topological polar surface area (TPSA) is 72.2 Å². The molecule has 0 aromatic heterocycles. The van der Waals surface area contributed by atoms with Crippen LogP contribution in [0.25, 0.3) is 0 Å². The Hall–Kier alpha value is -1.69. The fraction of sp³-hybridized carbons (Fsp3) is 0.250. The SMILES string of the molecule is CC(CN)S(=O)(=O)NC(c1ccccc1)c1ccccc1. The van der Waals surface area contributed by atoms with E-state index in [1.165, 1.54) is 0 Å². The van der Waals surface area contributed by atoms with Crippen LogP contribution in [0.4, 0.5) is 0 Å². The lowest BCUT2D eigenvalue weighted by Crippen LogP contribution is -2.39. The first-order valence-corrected chi connectivity index (χ1v) is 8.40. The molecule has 112 valence electrons. The van der Waals surface area contributed by atoms with E-state index in [4.69, 9.17) is 5.73 Å². The molecule has 0 saturated carbocycles. The van der Waals surface area contributed by atoms with Gasteiger partial charge in [-0.25, -0.2) is 13.1 Å². The molecule has 0 aliphatic heterocycles. The minimum atomic E-state index is -3.48. The minimum absolute atomic E-state index is 0.0889. The third-order valence-electron chi connectivity index (χ3n) is 3.41. The molecule has 3 N–H and O–H groups in total. The van der Waals surface area contributed by atoms with Gasteiger partial charge in [-0.05, 0) is 18.1 Å². The molecule has 2 aromatic carbocycles. The third kappa shape index (κ3) is 3.91. The van der Waals surface area contributed by atoms with Gasteiger partial charge in [0.25, 0.3) is 0 Å². The molecule has 0 bridgehead atoms. The molecule has 2 aromatic rings. The van der Waals surface area contributed by atoms with Gasteiger partial charge >= 0.3 is 0 Å². The van der Waals surface area contributed by atoms with Crippen LogP contribution in [0.3, 0.4) is 0 Å². The number of hydrogen-bond donors (Lipinski definition) is 2. The van der Waals surface area contributed by atoms with Crippen LogP contribution in [0.5, 0.6) is 0 Å². The van der Waals surface area contributed by atoms with E-state index in [9.17, 15) is 8.42 Å². The first-order valence-electron chi connectivity index (χ1n) is 6.85. The van der Waals surface area contributed by atoms with Crippen molar-refractivity contribution in [2.24, 2.45) is 5.73 Å². The molecule has 0 amide bonds. The van der Waals surface area contributed by atoms with Crippen LogP contribution >= 0.6 is 0 Å². The smallest absolute Gasteiger partial charge is 0.216 e. The number of sulfonamides is 1. The molecule has 0 heterocycles. The number of benzene rings is 2. The standard InChI is InChI=1S/C16H20N2O2S/c1-13(12-17)21(19,20)18-16(14-8-4-2-5-9-14)15-10-6-3-7-11-15/h2-11,13,16,18H,12,17H2,1H3. The molecule has 0 radical (unpaired) electrons. The maximum atomic E-state index is 12.3. The second-order valence-corrected chi connectivity index (χ2v) is 7.09. The number of nitrogens with one attached hydrogen (secondary N) is 1. The maximum Gasteiger partial charge on any atom is 0.216 e. The summed E-state index contributed by atoms with van der Waals surface area (Å²) < 4.78 is 27.4. The van der Waals surface area contributed by atoms with Crippen molar-refractivity contribution < 1.29 is 8.42 Å². The van der Waals surface area contributed by atoms with Crippen molar-refractivity contribution in [3.63, 3.8) is 0 Å². The lowest BCUT2D eigenvalue weighted by Gasteiger charge is -2.22. The molecule has 21 heavy (non-hydrogen) atoms. The second-order valence-electron chi connectivity index (χ2n) is 4.96. The summed E-state index contributed by atoms with van der Waals surface area (Å²) in [6.45, 7) is 1.70. The molecule has 1 unspecified atom stereocenters. The Balaban J connectivity index is 2.39. The van der Waals surface area contributed by atoms with Gasteiger partial charge in [-0.2, -0.15) is 0 Å². The fourth-order valence-corrected chi connectivity index (χ4v) is 3.11. The zero-order valence-electron chi connectivity index (χ0n) is 11.9. The zero-order chi connectivity index (χ0) is 15.3. The summed E-state index contributed by atoms with van der Waals surface area (Å²) in [6, 6.07) is 18.6. The predicted molar refractivity (Wildman–Crippen MR) is 85.3 cm³/mol. The van der Waals surface area contributed by atoms with Gasteiger partial charge < -0.3 is 5.73 Å². The summed E-state index contributed by atoms with van der Waals surface area (Å²) in [5.74, 6) is 0. The molecule has 0 saturated heterocycles. The van der Waals surface area contributed by atoms with Crippen LogP contribution in [0.1, 0.15) is 24.1 Å². The average Bonchev–Trinajstić information content (AvgIpc) is 2.53. The van der Waals surface area contributed by atoms with Crippen molar-refractivity contribution in [3.05, 3.63) is 71.8 Å². The highest BCUT2D eigenvalue weighted by atomic mass is 32.2. The fourth-order valence-electron chi connectivity index (χ4n) is 2.03. The van der Waals surface area contributed by atoms with Gasteiger partial charge in [0.1, 0.15) is 0 Å². The first kappa shape index (κ1) is 15.7. The third-order valence-corrected chi connectivity index (χ3v) is 5.23. The Labute approximate surface area is 126 Å². The Morgan fingerprint density at radius 3 is 1.76 bits per heavy atom. The average molecular weight is 304 g/mol. The Morgan fingerprint density at radius 2 is 1.38 bits per heavy atom. The molecule has 2 rings (SSSR count).